The van der Waals surface area contributed by atoms with Crippen LogP contribution >= 0.6 is 0 Å². The quantitative estimate of drug-likeness (QED) is 0.741. The Morgan fingerprint density at radius 3 is 2.53 bits per heavy atom. The van der Waals surface area contributed by atoms with Gasteiger partial charge in [0.15, 0.2) is 5.82 Å². The average Bonchev–Trinajstić information content (AvgIpc) is 2.55. The van der Waals surface area contributed by atoms with Crippen LogP contribution in [0.25, 0.3) is 0 Å². The molecule has 17 heavy (non-hydrogen) atoms. The van der Waals surface area contributed by atoms with Gasteiger partial charge in [-0.1, -0.05) is 0 Å². The Morgan fingerprint density at radius 1 is 1.24 bits per heavy atom. The second-order valence-corrected chi connectivity index (χ2v) is 4.06. The highest BCUT2D eigenvalue weighted by atomic mass is 19.4. The third-order valence-electron chi connectivity index (χ3n) is 2.79. The van der Waals surface area contributed by atoms with E-state index in [2.05, 4.69) is 4.98 Å². The lowest BCUT2D eigenvalue weighted by Gasteiger charge is -2.17. The SMILES string of the molecule is FC(F)c1nc(CC(F)(F)F)c2n1CCCC2. The molecule has 0 N–H and O–H groups in total. The molecule has 0 spiro atoms. The van der Waals surface area contributed by atoms with Gasteiger partial charge in [0, 0.05) is 12.2 Å². The third kappa shape index (κ3) is 2.58. The molecule has 0 aliphatic carbocycles. The largest absolute Gasteiger partial charge is 0.394 e. The summed E-state index contributed by atoms with van der Waals surface area (Å²) >= 11 is 0. The fourth-order valence-electron chi connectivity index (χ4n) is 2.15. The predicted octanol–water partition coefficient (Wildman–Crippen LogP) is 3.26. The molecule has 96 valence electrons. The van der Waals surface area contributed by atoms with Gasteiger partial charge in [-0.15, -0.1) is 0 Å². The number of fused-ring (bicyclic) bond motifs is 1. The van der Waals surface area contributed by atoms with Crippen LogP contribution in [0.15, 0.2) is 0 Å². The first kappa shape index (κ1) is 12.3. The number of halogens is 5. The lowest BCUT2D eigenvalue weighted by atomic mass is 10.1. The molecule has 1 aliphatic heterocycles. The number of hydrogen-bond donors (Lipinski definition) is 0. The number of hydrogen-bond acceptors (Lipinski definition) is 1. The van der Waals surface area contributed by atoms with E-state index in [1.54, 1.807) is 0 Å². The normalized spacial score (nSPS) is 16.4. The van der Waals surface area contributed by atoms with Crippen molar-refractivity contribution in [2.45, 2.75) is 44.8 Å². The van der Waals surface area contributed by atoms with Crippen molar-refractivity contribution in [3.05, 3.63) is 17.2 Å². The summed E-state index contributed by atoms with van der Waals surface area (Å²) in [5.41, 5.74) is 0.0800. The standard InChI is InChI=1S/C10H11F5N2/c11-8(12)9-16-6(5-10(13,14)15)7-3-1-2-4-17(7)9/h8H,1-5H2. The molecule has 0 atom stereocenters. The minimum Gasteiger partial charge on any atom is -0.327 e. The van der Waals surface area contributed by atoms with Crippen molar-refractivity contribution in [3.63, 3.8) is 0 Å². The van der Waals surface area contributed by atoms with Crippen LogP contribution in [0.4, 0.5) is 22.0 Å². The molecule has 1 aromatic rings. The summed E-state index contributed by atoms with van der Waals surface area (Å²) in [6.45, 7) is 0.333. The molecule has 1 aliphatic rings. The second kappa shape index (κ2) is 4.27. The summed E-state index contributed by atoms with van der Waals surface area (Å²) in [6.07, 6.45) is -6.64. The summed E-state index contributed by atoms with van der Waals surface area (Å²) in [5, 5.41) is 0. The van der Waals surface area contributed by atoms with E-state index in [4.69, 9.17) is 0 Å². The van der Waals surface area contributed by atoms with Crippen molar-refractivity contribution < 1.29 is 22.0 Å². The molecular weight excluding hydrogens is 243 g/mol. The maximum absolute atomic E-state index is 12.6. The van der Waals surface area contributed by atoms with Crippen LogP contribution in [-0.4, -0.2) is 15.7 Å². The molecular formula is C10H11F5N2. The van der Waals surface area contributed by atoms with E-state index in [-0.39, 0.29) is 5.69 Å². The Hall–Kier alpha value is -1.14. The number of aromatic nitrogens is 2. The van der Waals surface area contributed by atoms with Crippen LogP contribution in [0, 0.1) is 0 Å². The maximum atomic E-state index is 12.6. The van der Waals surface area contributed by atoms with Crippen LogP contribution in [0.3, 0.4) is 0 Å². The fourth-order valence-corrected chi connectivity index (χ4v) is 2.15. The summed E-state index contributed by atoms with van der Waals surface area (Å²) in [5.74, 6) is -0.529. The molecule has 0 aromatic carbocycles. The molecule has 2 rings (SSSR count). The predicted molar refractivity (Wildman–Crippen MR) is 49.9 cm³/mol. The molecule has 0 saturated carbocycles. The minimum absolute atomic E-state index is 0.243. The minimum atomic E-state index is -4.41. The van der Waals surface area contributed by atoms with E-state index < -0.39 is 24.8 Å². The van der Waals surface area contributed by atoms with Crippen molar-refractivity contribution in [2.75, 3.05) is 0 Å². The monoisotopic (exact) mass is 254 g/mol. The summed E-state index contributed by atoms with van der Waals surface area (Å²) < 4.78 is 63.4. The molecule has 0 amide bonds. The zero-order valence-electron chi connectivity index (χ0n) is 8.90. The van der Waals surface area contributed by atoms with Gasteiger partial charge in [-0.25, -0.2) is 13.8 Å². The lowest BCUT2D eigenvalue weighted by molar-refractivity contribution is -0.128. The second-order valence-electron chi connectivity index (χ2n) is 4.06. The third-order valence-corrected chi connectivity index (χ3v) is 2.79. The van der Waals surface area contributed by atoms with Gasteiger partial charge in [-0.05, 0) is 19.3 Å². The van der Waals surface area contributed by atoms with Gasteiger partial charge >= 0.3 is 6.18 Å². The van der Waals surface area contributed by atoms with Gasteiger partial charge in [0.1, 0.15) is 0 Å². The highest BCUT2D eigenvalue weighted by molar-refractivity contribution is 5.21. The Morgan fingerprint density at radius 2 is 1.94 bits per heavy atom. The van der Waals surface area contributed by atoms with E-state index in [0.717, 1.165) is 6.42 Å². The number of nitrogens with zero attached hydrogens (tertiary/aromatic N) is 2. The summed E-state index contributed by atoms with van der Waals surface area (Å²) in [7, 11) is 0. The van der Waals surface area contributed by atoms with E-state index >= 15 is 0 Å². The average molecular weight is 254 g/mol. The summed E-state index contributed by atoms with van der Waals surface area (Å²) in [6, 6.07) is 0. The first-order chi connectivity index (χ1) is 7.88. The van der Waals surface area contributed by atoms with E-state index in [1.165, 1.54) is 4.57 Å². The van der Waals surface area contributed by atoms with Crippen LogP contribution in [-0.2, 0) is 19.4 Å². The highest BCUT2D eigenvalue weighted by Gasteiger charge is 2.33. The Labute approximate surface area is 94.4 Å². The lowest BCUT2D eigenvalue weighted by Crippen LogP contribution is -2.16. The Bertz CT molecular complexity index is 408. The van der Waals surface area contributed by atoms with E-state index in [1.807, 2.05) is 0 Å². The van der Waals surface area contributed by atoms with Gasteiger partial charge < -0.3 is 4.57 Å². The molecule has 2 heterocycles. The molecule has 0 bridgehead atoms. The summed E-state index contributed by atoms with van der Waals surface area (Å²) in [4.78, 5) is 3.47. The van der Waals surface area contributed by atoms with Crippen LogP contribution in [0.2, 0.25) is 0 Å². The van der Waals surface area contributed by atoms with Crippen LogP contribution in [0.5, 0.6) is 0 Å². The van der Waals surface area contributed by atoms with Crippen molar-refractivity contribution in [1.29, 1.82) is 0 Å². The first-order valence-electron chi connectivity index (χ1n) is 5.31. The maximum Gasteiger partial charge on any atom is 0.394 e. The van der Waals surface area contributed by atoms with Gasteiger partial charge in [0.2, 0.25) is 0 Å². The van der Waals surface area contributed by atoms with Gasteiger partial charge in [0.05, 0.1) is 12.1 Å². The molecule has 2 nitrogen and oxygen atoms in total. The van der Waals surface area contributed by atoms with Crippen molar-refractivity contribution >= 4 is 0 Å². The van der Waals surface area contributed by atoms with Gasteiger partial charge in [-0.2, -0.15) is 13.2 Å². The molecule has 1 aromatic heterocycles. The molecule has 0 radical (unpaired) electrons. The van der Waals surface area contributed by atoms with Gasteiger partial charge in [0.25, 0.3) is 6.43 Å². The smallest absolute Gasteiger partial charge is 0.327 e. The zero-order chi connectivity index (χ0) is 12.6. The fraction of sp³-hybridized carbons (Fsp3) is 0.700. The number of rotatable bonds is 2. The first-order valence-corrected chi connectivity index (χ1v) is 5.31. The van der Waals surface area contributed by atoms with Crippen molar-refractivity contribution in [3.8, 4) is 0 Å². The zero-order valence-corrected chi connectivity index (χ0v) is 8.90. The number of imidazole rings is 1. The van der Waals surface area contributed by atoms with Gasteiger partial charge in [-0.3, -0.25) is 0 Å². The molecule has 0 saturated heterocycles. The molecule has 0 unspecified atom stereocenters. The van der Waals surface area contributed by atoms with E-state index in [0.29, 0.717) is 25.1 Å². The van der Waals surface area contributed by atoms with Crippen molar-refractivity contribution in [1.82, 2.24) is 9.55 Å². The van der Waals surface area contributed by atoms with E-state index in [9.17, 15) is 22.0 Å². The van der Waals surface area contributed by atoms with Crippen LogP contribution < -0.4 is 0 Å². The molecule has 0 fully saturated rings. The Balaban J connectivity index is 2.39. The molecule has 7 heteroatoms. The van der Waals surface area contributed by atoms with Crippen molar-refractivity contribution in [2.24, 2.45) is 0 Å². The van der Waals surface area contributed by atoms with Crippen LogP contribution in [0.1, 0.15) is 36.5 Å². The Kier molecular flexibility index (Phi) is 3.09. The topological polar surface area (TPSA) is 17.8 Å². The number of alkyl halides is 5. The highest BCUT2D eigenvalue weighted by Crippen LogP contribution is 2.30.